The number of ketones is 1. The number of fused-ring (bicyclic) bond motifs is 1. The third kappa shape index (κ3) is 2.12. The largest absolute Gasteiger partial charge is 0.385 e. The maximum atomic E-state index is 13.3. The first-order chi connectivity index (χ1) is 11.6. The van der Waals surface area contributed by atoms with Gasteiger partial charge in [0.05, 0.1) is 5.56 Å². The number of anilines is 2. The molecule has 1 N–H and O–H groups in total. The highest BCUT2D eigenvalue weighted by molar-refractivity contribution is 9.10. The Morgan fingerprint density at radius 3 is 2.75 bits per heavy atom. The molecule has 1 heterocycles. The summed E-state index contributed by atoms with van der Waals surface area (Å²) in [5.41, 5.74) is 3.24. The molecule has 4 nitrogen and oxygen atoms in total. The second kappa shape index (κ2) is 5.60. The lowest BCUT2D eigenvalue weighted by molar-refractivity contribution is 0.0885. The third-order valence-corrected chi connectivity index (χ3v) is 4.87. The van der Waals surface area contributed by atoms with E-state index in [2.05, 4.69) is 21.2 Å². The van der Waals surface area contributed by atoms with Gasteiger partial charge in [0.1, 0.15) is 6.04 Å². The lowest BCUT2D eigenvalue weighted by Crippen LogP contribution is -2.50. The summed E-state index contributed by atoms with van der Waals surface area (Å²) in [5, 5.41) is 3.20. The minimum absolute atomic E-state index is 0.0261. The van der Waals surface area contributed by atoms with Gasteiger partial charge in [-0.05, 0) is 36.8 Å². The van der Waals surface area contributed by atoms with Crippen LogP contribution in [0.5, 0.6) is 0 Å². The Hall–Kier alpha value is -2.40. The summed E-state index contributed by atoms with van der Waals surface area (Å²) in [5.74, 6) is -0.170. The molecule has 0 aromatic heterocycles. The van der Waals surface area contributed by atoms with Gasteiger partial charge in [0.15, 0.2) is 5.78 Å². The average molecular weight is 383 g/mol. The van der Waals surface area contributed by atoms with E-state index in [9.17, 15) is 9.59 Å². The number of nitrogens with zero attached hydrogens (tertiary/aromatic N) is 1. The Kier molecular flexibility index (Phi) is 3.53. The van der Waals surface area contributed by atoms with Crippen molar-refractivity contribution in [2.45, 2.75) is 13.0 Å². The number of hydrogen-bond acceptors (Lipinski definition) is 3. The average Bonchev–Trinajstić information content (AvgIpc) is 2.56. The van der Waals surface area contributed by atoms with Gasteiger partial charge in [-0.25, -0.2) is 0 Å². The lowest BCUT2D eigenvalue weighted by atomic mass is 9.83. The summed E-state index contributed by atoms with van der Waals surface area (Å²) in [6.45, 7) is 2.65. The normalized spacial score (nSPS) is 18.1. The van der Waals surface area contributed by atoms with Gasteiger partial charge in [-0.1, -0.05) is 40.2 Å². The van der Waals surface area contributed by atoms with E-state index >= 15 is 0 Å². The van der Waals surface area contributed by atoms with Gasteiger partial charge >= 0.3 is 0 Å². The SMILES string of the molecule is CCNc1ccc2c3c1C(=O)N(c1cccc(Br)c1)C(C=C2)C3=O. The first-order valence-corrected chi connectivity index (χ1v) is 8.63. The number of Topliss-reactive ketones (excluding diaryl/α,β-unsaturated/α-hetero) is 1. The van der Waals surface area contributed by atoms with Crippen LogP contribution in [0.2, 0.25) is 0 Å². The van der Waals surface area contributed by atoms with E-state index in [0.717, 1.165) is 10.0 Å². The van der Waals surface area contributed by atoms with Gasteiger partial charge < -0.3 is 5.32 Å². The second-order valence-electron chi connectivity index (χ2n) is 5.81. The zero-order valence-electron chi connectivity index (χ0n) is 13.0. The highest BCUT2D eigenvalue weighted by Gasteiger charge is 2.42. The number of nitrogens with one attached hydrogen (secondary N) is 1. The molecule has 1 amide bonds. The van der Waals surface area contributed by atoms with Crippen molar-refractivity contribution in [2.24, 2.45) is 0 Å². The number of hydrogen-bond donors (Lipinski definition) is 1. The summed E-state index contributed by atoms with van der Waals surface area (Å²) in [7, 11) is 0. The quantitative estimate of drug-likeness (QED) is 0.868. The zero-order valence-corrected chi connectivity index (χ0v) is 14.6. The molecule has 4 rings (SSSR count). The molecule has 0 saturated carbocycles. The van der Waals surface area contributed by atoms with Crippen LogP contribution in [0.4, 0.5) is 11.4 Å². The molecule has 24 heavy (non-hydrogen) atoms. The first-order valence-electron chi connectivity index (χ1n) is 7.84. The zero-order chi connectivity index (χ0) is 16.8. The summed E-state index contributed by atoms with van der Waals surface area (Å²) < 4.78 is 0.867. The molecule has 120 valence electrons. The minimum atomic E-state index is -0.580. The number of halogens is 1. The molecule has 1 unspecified atom stereocenters. The van der Waals surface area contributed by atoms with Crippen LogP contribution in [0.1, 0.15) is 33.2 Å². The third-order valence-electron chi connectivity index (χ3n) is 4.38. The molecular weight excluding hydrogens is 368 g/mol. The van der Waals surface area contributed by atoms with Crippen LogP contribution in [0.25, 0.3) is 6.08 Å². The van der Waals surface area contributed by atoms with Crippen LogP contribution in [-0.4, -0.2) is 24.3 Å². The van der Waals surface area contributed by atoms with E-state index in [1.807, 2.05) is 49.4 Å². The number of carbonyl (C=O) groups is 2. The monoisotopic (exact) mass is 382 g/mol. The van der Waals surface area contributed by atoms with E-state index < -0.39 is 6.04 Å². The fourth-order valence-corrected chi connectivity index (χ4v) is 3.75. The summed E-state index contributed by atoms with van der Waals surface area (Å²) in [6.07, 6.45) is 3.73. The Morgan fingerprint density at radius 1 is 1.17 bits per heavy atom. The maximum absolute atomic E-state index is 13.3. The van der Waals surface area contributed by atoms with Crippen molar-refractivity contribution in [1.82, 2.24) is 0 Å². The van der Waals surface area contributed by atoms with E-state index in [1.165, 1.54) is 0 Å². The van der Waals surface area contributed by atoms with E-state index in [-0.39, 0.29) is 11.7 Å². The highest BCUT2D eigenvalue weighted by Crippen LogP contribution is 2.38. The molecule has 2 aliphatic rings. The molecule has 2 bridgehead atoms. The summed E-state index contributed by atoms with van der Waals surface area (Å²) in [4.78, 5) is 27.8. The lowest BCUT2D eigenvalue weighted by Gasteiger charge is -2.37. The fourth-order valence-electron chi connectivity index (χ4n) is 3.37. The molecular formula is C19H15BrN2O2. The van der Waals surface area contributed by atoms with Gasteiger partial charge in [-0.2, -0.15) is 0 Å². The van der Waals surface area contributed by atoms with Crippen molar-refractivity contribution in [3.8, 4) is 0 Å². The number of rotatable bonds is 3. The van der Waals surface area contributed by atoms with Crippen molar-refractivity contribution >= 4 is 45.1 Å². The molecule has 5 heteroatoms. The van der Waals surface area contributed by atoms with Gasteiger partial charge in [0.2, 0.25) is 0 Å². The Labute approximate surface area is 148 Å². The maximum Gasteiger partial charge on any atom is 0.262 e. The number of carbonyl (C=O) groups excluding carboxylic acids is 2. The van der Waals surface area contributed by atoms with Gasteiger partial charge in [0, 0.05) is 28.0 Å². The van der Waals surface area contributed by atoms with Crippen molar-refractivity contribution in [3.05, 3.63) is 63.6 Å². The van der Waals surface area contributed by atoms with Gasteiger partial charge in [-0.3, -0.25) is 14.5 Å². The van der Waals surface area contributed by atoms with E-state index in [4.69, 9.17) is 0 Å². The minimum Gasteiger partial charge on any atom is -0.385 e. The fraction of sp³-hybridized carbons (Fsp3) is 0.158. The summed E-state index contributed by atoms with van der Waals surface area (Å²) in [6, 6.07) is 10.6. The second-order valence-corrected chi connectivity index (χ2v) is 6.72. The molecule has 2 aromatic carbocycles. The molecule has 0 saturated heterocycles. The Bertz CT molecular complexity index is 904. The molecule has 0 fully saturated rings. The Morgan fingerprint density at radius 2 is 2.00 bits per heavy atom. The van der Waals surface area contributed by atoms with Crippen LogP contribution in [0.3, 0.4) is 0 Å². The van der Waals surface area contributed by atoms with E-state index in [0.29, 0.717) is 29.0 Å². The smallest absolute Gasteiger partial charge is 0.262 e. The standard InChI is InChI=1S/C19H15BrN2O2/c1-2-21-14-8-6-11-7-9-15-18(23)16(11)17(14)19(24)22(15)13-5-3-4-12(20)10-13/h3-10,15,21H,2H2,1H3. The molecule has 1 atom stereocenters. The predicted octanol–water partition coefficient (Wildman–Crippen LogP) is 4.12. The Balaban J connectivity index is 1.95. The van der Waals surface area contributed by atoms with Crippen molar-refractivity contribution < 1.29 is 9.59 Å². The molecule has 1 aliphatic heterocycles. The molecule has 2 aromatic rings. The topological polar surface area (TPSA) is 49.4 Å². The van der Waals surface area contributed by atoms with E-state index in [1.54, 1.807) is 11.0 Å². The highest BCUT2D eigenvalue weighted by atomic mass is 79.9. The number of benzene rings is 2. The van der Waals surface area contributed by atoms with Crippen LogP contribution in [0, 0.1) is 0 Å². The van der Waals surface area contributed by atoms with Gasteiger partial charge in [0.25, 0.3) is 5.91 Å². The van der Waals surface area contributed by atoms with Crippen LogP contribution in [-0.2, 0) is 0 Å². The molecule has 1 aliphatic carbocycles. The van der Waals surface area contributed by atoms with Crippen LogP contribution < -0.4 is 10.2 Å². The predicted molar refractivity (Wildman–Crippen MR) is 98.7 cm³/mol. The van der Waals surface area contributed by atoms with Crippen LogP contribution >= 0.6 is 15.9 Å². The van der Waals surface area contributed by atoms with Crippen LogP contribution in [0.15, 0.2) is 46.9 Å². The van der Waals surface area contributed by atoms with Gasteiger partial charge in [-0.15, -0.1) is 0 Å². The van der Waals surface area contributed by atoms with Crippen molar-refractivity contribution in [2.75, 3.05) is 16.8 Å². The number of amides is 1. The van der Waals surface area contributed by atoms with Crippen molar-refractivity contribution in [3.63, 3.8) is 0 Å². The first kappa shape index (κ1) is 15.1. The summed E-state index contributed by atoms with van der Waals surface area (Å²) >= 11 is 3.44. The molecule has 0 radical (unpaired) electrons. The molecule has 0 spiro atoms. The van der Waals surface area contributed by atoms with Crippen molar-refractivity contribution in [1.29, 1.82) is 0 Å².